The molecule has 0 atom stereocenters. The van der Waals surface area contributed by atoms with E-state index in [1.54, 1.807) is 30.5 Å². The van der Waals surface area contributed by atoms with Crippen LogP contribution in [0.3, 0.4) is 0 Å². The van der Waals surface area contributed by atoms with E-state index in [0.29, 0.717) is 27.9 Å². The highest BCUT2D eigenvalue weighted by Gasteiger charge is 2.15. The summed E-state index contributed by atoms with van der Waals surface area (Å²) in [6.07, 6.45) is 3.52. The number of hydrogen-bond donors (Lipinski definition) is 1. The van der Waals surface area contributed by atoms with Crippen LogP contribution in [0.15, 0.2) is 76.9 Å². The Kier molecular flexibility index (Phi) is 6.82. The van der Waals surface area contributed by atoms with Gasteiger partial charge in [-0.1, -0.05) is 41.9 Å². The first-order chi connectivity index (χ1) is 16.4. The van der Waals surface area contributed by atoms with Crippen molar-refractivity contribution in [3.05, 3.63) is 104 Å². The largest absolute Gasteiger partial charge is 0.457 e. The zero-order chi connectivity index (χ0) is 24.1. The summed E-state index contributed by atoms with van der Waals surface area (Å²) in [7, 11) is 0. The number of carbonyl (C=O) groups excluding carboxylic acids is 1. The number of rotatable bonds is 7. The summed E-state index contributed by atoms with van der Waals surface area (Å²) >= 11 is 7.48. The lowest BCUT2D eigenvalue weighted by atomic mass is 10.1. The number of carbonyl (C=O) groups is 1. The lowest BCUT2D eigenvalue weighted by Crippen LogP contribution is -2.13. The van der Waals surface area contributed by atoms with Crippen LogP contribution in [-0.4, -0.2) is 15.8 Å². The zero-order valence-electron chi connectivity index (χ0n) is 17.4. The molecule has 1 N–H and O–H groups in total. The number of nitriles is 1. The van der Waals surface area contributed by atoms with Gasteiger partial charge < -0.3 is 4.42 Å². The van der Waals surface area contributed by atoms with Crippen LogP contribution in [-0.2, 0) is 11.2 Å². The van der Waals surface area contributed by atoms with Crippen molar-refractivity contribution in [1.29, 1.82) is 5.26 Å². The lowest BCUT2D eigenvalue weighted by molar-refractivity contribution is -0.384. The van der Waals surface area contributed by atoms with Gasteiger partial charge in [0.25, 0.3) is 11.6 Å². The average Bonchev–Trinajstić information content (AvgIpc) is 3.48. The molecular weight excluding hydrogens is 476 g/mol. The minimum Gasteiger partial charge on any atom is -0.457 e. The number of benzene rings is 2. The number of amides is 1. The number of halogens is 1. The molecule has 2 heterocycles. The van der Waals surface area contributed by atoms with Gasteiger partial charge in [0.15, 0.2) is 5.13 Å². The SMILES string of the molecule is N#C/C(=C\c1ccc(-c2cccc([N+](=O)[O-])c2)o1)C(=O)Nc1ncc(Cc2ccccc2Cl)s1. The molecule has 0 unspecified atom stereocenters. The molecule has 0 aliphatic carbocycles. The Hall–Kier alpha value is -4.26. The van der Waals surface area contributed by atoms with E-state index in [1.165, 1.54) is 29.5 Å². The van der Waals surface area contributed by atoms with E-state index >= 15 is 0 Å². The molecule has 34 heavy (non-hydrogen) atoms. The Morgan fingerprint density at radius 1 is 1.24 bits per heavy atom. The number of nitro groups is 1. The molecule has 2 aromatic heterocycles. The topological polar surface area (TPSA) is 122 Å². The van der Waals surface area contributed by atoms with Gasteiger partial charge >= 0.3 is 0 Å². The first-order valence-electron chi connectivity index (χ1n) is 9.89. The molecule has 10 heteroatoms. The van der Waals surface area contributed by atoms with Crippen LogP contribution in [0.4, 0.5) is 10.8 Å². The highest BCUT2D eigenvalue weighted by Crippen LogP contribution is 2.27. The van der Waals surface area contributed by atoms with Gasteiger partial charge in [-0.2, -0.15) is 5.26 Å². The number of anilines is 1. The maximum atomic E-state index is 12.6. The molecule has 0 saturated carbocycles. The number of nitro benzene ring substituents is 1. The van der Waals surface area contributed by atoms with Crippen LogP contribution >= 0.6 is 22.9 Å². The smallest absolute Gasteiger partial charge is 0.270 e. The van der Waals surface area contributed by atoms with Gasteiger partial charge in [-0.3, -0.25) is 20.2 Å². The zero-order valence-corrected chi connectivity index (χ0v) is 19.0. The predicted octanol–water partition coefficient (Wildman–Crippen LogP) is 6.10. The van der Waals surface area contributed by atoms with E-state index in [4.69, 9.17) is 16.0 Å². The predicted molar refractivity (Wildman–Crippen MR) is 129 cm³/mol. The third-order valence-corrected chi connectivity index (χ3v) is 6.00. The molecule has 2 aromatic carbocycles. The van der Waals surface area contributed by atoms with Gasteiger partial charge in [-0.25, -0.2) is 4.98 Å². The van der Waals surface area contributed by atoms with Gasteiger partial charge in [-0.15, -0.1) is 11.3 Å². The lowest BCUT2D eigenvalue weighted by Gasteiger charge is -2.01. The third-order valence-electron chi connectivity index (χ3n) is 4.72. The van der Waals surface area contributed by atoms with Gasteiger partial charge in [0.05, 0.1) is 4.92 Å². The summed E-state index contributed by atoms with van der Waals surface area (Å²) in [6.45, 7) is 0. The summed E-state index contributed by atoms with van der Waals surface area (Å²) < 4.78 is 5.66. The van der Waals surface area contributed by atoms with Crippen LogP contribution in [0.25, 0.3) is 17.4 Å². The van der Waals surface area contributed by atoms with Crippen molar-refractivity contribution in [3.8, 4) is 17.4 Å². The highest BCUT2D eigenvalue weighted by atomic mass is 35.5. The van der Waals surface area contributed by atoms with E-state index in [2.05, 4.69) is 10.3 Å². The van der Waals surface area contributed by atoms with Crippen LogP contribution < -0.4 is 5.32 Å². The van der Waals surface area contributed by atoms with Crippen molar-refractivity contribution in [3.63, 3.8) is 0 Å². The second-order valence-corrected chi connectivity index (χ2v) is 8.56. The molecule has 0 bridgehead atoms. The Morgan fingerprint density at radius 3 is 2.82 bits per heavy atom. The first-order valence-corrected chi connectivity index (χ1v) is 11.1. The molecule has 1 amide bonds. The maximum Gasteiger partial charge on any atom is 0.270 e. The molecule has 0 saturated heterocycles. The molecule has 8 nitrogen and oxygen atoms in total. The Labute approximate surface area is 202 Å². The number of aromatic nitrogens is 1. The number of nitrogens with zero attached hydrogens (tertiary/aromatic N) is 3. The standard InChI is InChI=1S/C24H15ClN4O4S/c25-21-7-2-1-4-15(21)12-20-14-27-24(34-20)28-23(30)17(13-26)11-19-8-9-22(33-19)16-5-3-6-18(10-16)29(31)32/h1-11,14H,12H2,(H,27,28,30)/b17-11+. The third kappa shape index (κ3) is 5.38. The minimum atomic E-state index is -0.630. The molecular formula is C24H15ClN4O4S. The highest BCUT2D eigenvalue weighted by molar-refractivity contribution is 7.15. The fraction of sp³-hybridized carbons (Fsp3) is 0.0417. The van der Waals surface area contributed by atoms with Crippen LogP contribution in [0.1, 0.15) is 16.2 Å². The molecule has 0 aliphatic heterocycles. The van der Waals surface area contributed by atoms with E-state index in [9.17, 15) is 20.2 Å². The summed E-state index contributed by atoms with van der Waals surface area (Å²) in [4.78, 5) is 28.2. The van der Waals surface area contributed by atoms with Crippen LogP contribution in [0, 0.1) is 21.4 Å². The minimum absolute atomic E-state index is 0.0690. The maximum absolute atomic E-state index is 12.6. The summed E-state index contributed by atoms with van der Waals surface area (Å²) in [5.74, 6) is -0.00187. The number of furan rings is 1. The van der Waals surface area contributed by atoms with Crippen molar-refractivity contribution < 1.29 is 14.1 Å². The fourth-order valence-electron chi connectivity index (χ4n) is 3.09. The first kappa shape index (κ1) is 22.9. The molecule has 0 radical (unpaired) electrons. The Bertz CT molecular complexity index is 1450. The molecule has 4 aromatic rings. The molecule has 0 aliphatic rings. The van der Waals surface area contributed by atoms with Gasteiger partial charge in [-0.05, 0) is 23.8 Å². The molecule has 0 spiro atoms. The van der Waals surface area contributed by atoms with E-state index < -0.39 is 10.8 Å². The molecule has 4 rings (SSSR count). The molecule has 0 fully saturated rings. The number of thiazole rings is 1. The second-order valence-electron chi connectivity index (χ2n) is 7.03. The number of nitrogens with one attached hydrogen (secondary N) is 1. The van der Waals surface area contributed by atoms with Crippen molar-refractivity contribution >= 4 is 45.7 Å². The molecule has 168 valence electrons. The van der Waals surface area contributed by atoms with Crippen molar-refractivity contribution in [1.82, 2.24) is 4.98 Å². The van der Waals surface area contributed by atoms with Crippen LogP contribution in [0.5, 0.6) is 0 Å². The van der Waals surface area contributed by atoms with Gasteiger partial charge in [0.1, 0.15) is 23.2 Å². The van der Waals surface area contributed by atoms with E-state index in [0.717, 1.165) is 10.4 Å². The number of hydrogen-bond acceptors (Lipinski definition) is 7. The fourth-order valence-corrected chi connectivity index (χ4v) is 4.12. The number of non-ortho nitro benzene ring substituents is 1. The van der Waals surface area contributed by atoms with Crippen molar-refractivity contribution in [2.75, 3.05) is 5.32 Å². The van der Waals surface area contributed by atoms with Crippen molar-refractivity contribution in [2.24, 2.45) is 0 Å². The van der Waals surface area contributed by atoms with E-state index in [-0.39, 0.29) is 17.0 Å². The average molecular weight is 491 g/mol. The van der Waals surface area contributed by atoms with E-state index in [1.807, 2.05) is 30.3 Å². The van der Waals surface area contributed by atoms with Gasteiger partial charge in [0, 0.05) is 46.3 Å². The normalized spacial score (nSPS) is 11.1. The van der Waals surface area contributed by atoms with Gasteiger partial charge in [0.2, 0.25) is 0 Å². The summed E-state index contributed by atoms with van der Waals surface area (Å²) in [5.41, 5.74) is 1.20. The summed E-state index contributed by atoms with van der Waals surface area (Å²) in [6, 6.07) is 18.5. The Morgan fingerprint density at radius 2 is 2.06 bits per heavy atom. The van der Waals surface area contributed by atoms with Crippen LogP contribution in [0.2, 0.25) is 5.02 Å². The summed E-state index contributed by atoms with van der Waals surface area (Å²) in [5, 5.41) is 24.1. The second kappa shape index (κ2) is 10.1. The van der Waals surface area contributed by atoms with Crippen molar-refractivity contribution in [2.45, 2.75) is 6.42 Å². The quantitative estimate of drug-likeness (QED) is 0.144. The monoisotopic (exact) mass is 490 g/mol. The Balaban J connectivity index is 1.46.